The predicted octanol–water partition coefficient (Wildman–Crippen LogP) is 3.83. The number of nitrogens with zero attached hydrogens (tertiary/aromatic N) is 1. The summed E-state index contributed by atoms with van der Waals surface area (Å²) in [5, 5.41) is 7.50. The Hall–Kier alpha value is -3.69. The Morgan fingerprint density at radius 1 is 1.06 bits per heavy atom. The fourth-order valence-electron chi connectivity index (χ4n) is 3.73. The lowest BCUT2D eigenvalue weighted by atomic mass is 10.0. The van der Waals surface area contributed by atoms with Gasteiger partial charge in [0, 0.05) is 19.3 Å². The molecule has 0 radical (unpaired) electrons. The molecule has 1 aliphatic rings. The van der Waals surface area contributed by atoms with Gasteiger partial charge in [0.1, 0.15) is 0 Å². The van der Waals surface area contributed by atoms with E-state index in [1.807, 2.05) is 41.8 Å². The average Bonchev–Trinajstić information content (AvgIpc) is 3.49. The number of ether oxygens (including phenoxy) is 2. The molecule has 2 heterocycles. The van der Waals surface area contributed by atoms with Crippen molar-refractivity contribution in [3.8, 4) is 0 Å². The predicted molar refractivity (Wildman–Crippen MR) is 129 cm³/mol. The number of hydrogen-bond donors (Lipinski definition) is 2. The monoisotopic (exact) mass is 479 g/mol. The van der Waals surface area contributed by atoms with Crippen LogP contribution in [0, 0.1) is 0 Å². The van der Waals surface area contributed by atoms with E-state index in [1.54, 1.807) is 37.4 Å². The van der Waals surface area contributed by atoms with Gasteiger partial charge in [-0.15, -0.1) is 11.3 Å². The van der Waals surface area contributed by atoms with Crippen molar-refractivity contribution in [3.05, 3.63) is 88.1 Å². The van der Waals surface area contributed by atoms with Crippen LogP contribution in [0.25, 0.3) is 0 Å². The van der Waals surface area contributed by atoms with Crippen LogP contribution in [0.2, 0.25) is 0 Å². The second-order valence-electron chi connectivity index (χ2n) is 7.70. The van der Waals surface area contributed by atoms with Gasteiger partial charge in [-0.1, -0.05) is 48.5 Å². The molecular weight excluding hydrogens is 454 g/mol. The van der Waals surface area contributed by atoms with Crippen molar-refractivity contribution < 1.29 is 23.9 Å². The van der Waals surface area contributed by atoms with Crippen molar-refractivity contribution in [1.82, 2.24) is 10.2 Å². The first kappa shape index (κ1) is 23.5. The number of cyclic esters (lactones) is 1. The summed E-state index contributed by atoms with van der Waals surface area (Å²) < 4.78 is 10.7. The number of carbonyl (C=O) groups is 3. The van der Waals surface area contributed by atoms with Gasteiger partial charge in [0.05, 0.1) is 18.0 Å². The van der Waals surface area contributed by atoms with Crippen LogP contribution in [0.1, 0.15) is 26.9 Å². The van der Waals surface area contributed by atoms with Crippen molar-refractivity contribution in [2.45, 2.75) is 18.7 Å². The second-order valence-corrected chi connectivity index (χ2v) is 8.65. The normalized spacial score (nSPS) is 17.3. The highest BCUT2D eigenvalue weighted by Crippen LogP contribution is 2.34. The van der Waals surface area contributed by atoms with Crippen molar-refractivity contribution in [2.75, 3.05) is 25.6 Å². The number of rotatable bonds is 9. The Bertz CT molecular complexity index is 1120. The Balaban J connectivity index is 1.53. The van der Waals surface area contributed by atoms with E-state index in [9.17, 15) is 14.4 Å². The van der Waals surface area contributed by atoms with Gasteiger partial charge < -0.3 is 20.1 Å². The van der Waals surface area contributed by atoms with Crippen molar-refractivity contribution in [3.63, 3.8) is 0 Å². The Morgan fingerprint density at radius 2 is 1.82 bits per heavy atom. The quantitative estimate of drug-likeness (QED) is 0.455. The van der Waals surface area contributed by atoms with Crippen molar-refractivity contribution in [2.24, 2.45) is 0 Å². The van der Waals surface area contributed by atoms with E-state index in [2.05, 4.69) is 10.6 Å². The van der Waals surface area contributed by atoms with Gasteiger partial charge in [-0.2, -0.15) is 0 Å². The fraction of sp³-hybridized carbons (Fsp3) is 0.240. The third-order valence-electron chi connectivity index (χ3n) is 5.40. The topological polar surface area (TPSA) is 97.0 Å². The number of carbonyl (C=O) groups excluding carboxylic acids is 3. The molecule has 8 nitrogen and oxygen atoms in total. The van der Waals surface area contributed by atoms with Crippen molar-refractivity contribution in [1.29, 1.82) is 0 Å². The first-order chi connectivity index (χ1) is 16.6. The molecule has 0 saturated carbocycles. The number of thiophene rings is 1. The molecule has 3 aromatic rings. The summed E-state index contributed by atoms with van der Waals surface area (Å²) in [7, 11) is 1.55. The molecule has 0 bridgehead atoms. The molecule has 34 heavy (non-hydrogen) atoms. The van der Waals surface area contributed by atoms with Crippen LogP contribution in [0.5, 0.6) is 0 Å². The van der Waals surface area contributed by atoms with E-state index in [0.717, 1.165) is 5.56 Å². The lowest BCUT2D eigenvalue weighted by Crippen LogP contribution is -2.46. The Labute approximate surface area is 201 Å². The van der Waals surface area contributed by atoms with E-state index in [4.69, 9.17) is 9.47 Å². The number of amides is 3. The van der Waals surface area contributed by atoms with E-state index >= 15 is 0 Å². The molecule has 1 fully saturated rings. The minimum absolute atomic E-state index is 0.195. The summed E-state index contributed by atoms with van der Waals surface area (Å²) in [5.41, 5.74) is 2.15. The molecular formula is C25H25N3O5S. The first-order valence-corrected chi connectivity index (χ1v) is 11.7. The lowest BCUT2D eigenvalue weighted by molar-refractivity contribution is -0.126. The second kappa shape index (κ2) is 11.0. The summed E-state index contributed by atoms with van der Waals surface area (Å²) in [6.07, 6.45) is -1.35. The maximum absolute atomic E-state index is 13.1. The first-order valence-electron chi connectivity index (χ1n) is 10.8. The summed E-state index contributed by atoms with van der Waals surface area (Å²) in [6.45, 7) is 0.919. The maximum atomic E-state index is 13.1. The van der Waals surface area contributed by atoms with Crippen LogP contribution in [0.3, 0.4) is 0 Å². The SMILES string of the molecule is COCCNC(=O)C1C(c2ccc(NC(=O)c3cccs3)cc2)OC(=O)N1Cc1ccccc1. The zero-order valence-electron chi connectivity index (χ0n) is 18.6. The van der Waals surface area contributed by atoms with E-state index in [-0.39, 0.29) is 18.4 Å². The number of benzene rings is 2. The zero-order chi connectivity index (χ0) is 23.9. The lowest BCUT2D eigenvalue weighted by Gasteiger charge is -2.24. The Morgan fingerprint density at radius 3 is 2.50 bits per heavy atom. The van der Waals surface area contributed by atoms with Crippen LogP contribution >= 0.6 is 11.3 Å². The van der Waals surface area contributed by atoms with Crippen LogP contribution in [0.15, 0.2) is 72.1 Å². The highest BCUT2D eigenvalue weighted by Gasteiger charge is 2.46. The fourth-order valence-corrected chi connectivity index (χ4v) is 4.35. The third-order valence-corrected chi connectivity index (χ3v) is 6.27. The molecule has 176 valence electrons. The third kappa shape index (κ3) is 5.44. The number of nitrogens with one attached hydrogen (secondary N) is 2. The number of methoxy groups -OCH3 is 1. The highest BCUT2D eigenvalue weighted by molar-refractivity contribution is 7.12. The van der Waals surface area contributed by atoms with Gasteiger partial charge in [-0.3, -0.25) is 14.5 Å². The molecule has 0 spiro atoms. The van der Waals surface area contributed by atoms with Gasteiger partial charge >= 0.3 is 6.09 Å². The molecule has 2 atom stereocenters. The molecule has 2 unspecified atom stereocenters. The average molecular weight is 480 g/mol. The summed E-state index contributed by atoms with van der Waals surface area (Å²) in [6, 6.07) is 19.1. The largest absolute Gasteiger partial charge is 0.438 e. The molecule has 2 N–H and O–H groups in total. The van der Waals surface area contributed by atoms with Gasteiger partial charge in [-0.05, 0) is 34.7 Å². The van der Waals surface area contributed by atoms with Gasteiger partial charge in [0.15, 0.2) is 12.1 Å². The van der Waals surface area contributed by atoms with Gasteiger partial charge in [-0.25, -0.2) is 4.79 Å². The minimum atomic E-state index is -0.851. The standard InChI is InChI=1S/C25H25N3O5S/c1-32-14-13-26-24(30)21-22(33-25(31)28(21)16-17-6-3-2-4-7-17)18-9-11-19(12-10-18)27-23(29)20-8-5-15-34-20/h2-12,15,21-22H,13-14,16H2,1H3,(H,26,30)(H,27,29). The highest BCUT2D eigenvalue weighted by atomic mass is 32.1. The minimum Gasteiger partial charge on any atom is -0.438 e. The number of anilines is 1. The van der Waals surface area contributed by atoms with Crippen LogP contribution in [-0.4, -0.2) is 49.1 Å². The van der Waals surface area contributed by atoms with E-state index < -0.39 is 18.2 Å². The molecule has 2 aromatic carbocycles. The molecule has 9 heteroatoms. The smallest absolute Gasteiger partial charge is 0.411 e. The summed E-state index contributed by atoms with van der Waals surface area (Å²) in [4.78, 5) is 40.2. The summed E-state index contributed by atoms with van der Waals surface area (Å²) in [5.74, 6) is -0.515. The molecule has 1 saturated heterocycles. The van der Waals surface area contributed by atoms with E-state index in [0.29, 0.717) is 29.3 Å². The van der Waals surface area contributed by atoms with Crippen molar-refractivity contribution >= 4 is 34.9 Å². The number of hydrogen-bond acceptors (Lipinski definition) is 6. The molecule has 0 aliphatic carbocycles. The molecule has 4 rings (SSSR count). The summed E-state index contributed by atoms with van der Waals surface area (Å²) >= 11 is 1.36. The van der Waals surface area contributed by atoms with E-state index in [1.165, 1.54) is 16.2 Å². The molecule has 1 aliphatic heterocycles. The molecule has 1 aromatic heterocycles. The Kier molecular flexibility index (Phi) is 7.56. The van der Waals surface area contributed by atoms with Crippen LogP contribution in [-0.2, 0) is 20.8 Å². The van der Waals surface area contributed by atoms with Gasteiger partial charge in [0.25, 0.3) is 5.91 Å². The zero-order valence-corrected chi connectivity index (χ0v) is 19.4. The maximum Gasteiger partial charge on any atom is 0.411 e. The van der Waals surface area contributed by atoms with Crippen LogP contribution < -0.4 is 10.6 Å². The van der Waals surface area contributed by atoms with Gasteiger partial charge in [0.2, 0.25) is 5.91 Å². The van der Waals surface area contributed by atoms with Crippen LogP contribution in [0.4, 0.5) is 10.5 Å². The molecule has 3 amide bonds.